The van der Waals surface area contributed by atoms with E-state index < -0.39 is 0 Å². The van der Waals surface area contributed by atoms with E-state index in [9.17, 15) is 0 Å². The Balaban J connectivity index is 2.20. The van der Waals surface area contributed by atoms with Crippen molar-refractivity contribution in [1.82, 2.24) is 9.55 Å². The molecule has 0 saturated carbocycles. The van der Waals surface area contributed by atoms with Crippen LogP contribution in [0.5, 0.6) is 0 Å². The first-order chi connectivity index (χ1) is 9.25. The predicted octanol–water partition coefficient (Wildman–Crippen LogP) is 4.30. The molecule has 96 valence electrons. The standard InChI is InChI=1S/C16H16N2S/c1-10-5-3-6-12-9-13-15(11(2)14(10)12)18-7-4-8-19-16(18)17-13/h3,5-6,9H,4,7-8H2,1-2H3. The first-order valence-corrected chi connectivity index (χ1v) is 7.76. The summed E-state index contributed by atoms with van der Waals surface area (Å²) in [4.78, 5) is 4.82. The maximum Gasteiger partial charge on any atom is 0.169 e. The average molecular weight is 268 g/mol. The van der Waals surface area contributed by atoms with Crippen LogP contribution in [-0.4, -0.2) is 15.3 Å². The van der Waals surface area contributed by atoms with Crippen LogP contribution >= 0.6 is 11.8 Å². The largest absolute Gasteiger partial charge is 0.319 e. The maximum absolute atomic E-state index is 4.82. The van der Waals surface area contributed by atoms with Crippen molar-refractivity contribution in [3.8, 4) is 0 Å². The van der Waals surface area contributed by atoms with Crippen molar-refractivity contribution in [2.24, 2.45) is 0 Å². The van der Waals surface area contributed by atoms with Crippen LogP contribution in [0.4, 0.5) is 0 Å². The van der Waals surface area contributed by atoms with Crippen molar-refractivity contribution < 1.29 is 0 Å². The highest BCUT2D eigenvalue weighted by atomic mass is 32.2. The topological polar surface area (TPSA) is 17.8 Å². The first-order valence-electron chi connectivity index (χ1n) is 6.77. The smallest absolute Gasteiger partial charge is 0.169 e. The molecular weight excluding hydrogens is 252 g/mol. The Hall–Kier alpha value is -1.48. The van der Waals surface area contributed by atoms with Gasteiger partial charge in [-0.15, -0.1) is 0 Å². The van der Waals surface area contributed by atoms with E-state index in [1.165, 1.54) is 44.7 Å². The Morgan fingerprint density at radius 1 is 1.26 bits per heavy atom. The molecule has 3 aromatic rings. The molecule has 0 fully saturated rings. The van der Waals surface area contributed by atoms with Crippen LogP contribution in [0.2, 0.25) is 0 Å². The lowest BCUT2D eigenvalue weighted by molar-refractivity contribution is 0.623. The number of benzene rings is 2. The van der Waals surface area contributed by atoms with Crippen LogP contribution < -0.4 is 0 Å². The SMILES string of the molecule is Cc1cccc2cc3nc4n(c3c(C)c12)CCCS4. The van der Waals surface area contributed by atoms with Gasteiger partial charge in [0.05, 0.1) is 11.0 Å². The van der Waals surface area contributed by atoms with Crippen LogP contribution in [-0.2, 0) is 6.54 Å². The second-order valence-corrected chi connectivity index (χ2v) is 6.35. The maximum atomic E-state index is 4.82. The number of aromatic nitrogens is 2. The van der Waals surface area contributed by atoms with Crippen molar-refractivity contribution in [2.45, 2.75) is 32.0 Å². The fourth-order valence-corrected chi connectivity index (χ4v) is 4.20. The summed E-state index contributed by atoms with van der Waals surface area (Å²) in [5, 5.41) is 3.90. The van der Waals surface area contributed by atoms with Gasteiger partial charge in [0.1, 0.15) is 0 Å². The van der Waals surface area contributed by atoms with Crippen LogP contribution in [0.15, 0.2) is 29.4 Å². The van der Waals surface area contributed by atoms with Crippen LogP contribution in [0.1, 0.15) is 17.5 Å². The highest BCUT2D eigenvalue weighted by Gasteiger charge is 2.18. The Morgan fingerprint density at radius 3 is 3.05 bits per heavy atom. The minimum atomic E-state index is 1.11. The van der Waals surface area contributed by atoms with E-state index in [-0.39, 0.29) is 0 Å². The lowest BCUT2D eigenvalue weighted by atomic mass is 9.99. The van der Waals surface area contributed by atoms with Crippen molar-refractivity contribution in [1.29, 1.82) is 0 Å². The normalized spacial score (nSPS) is 15.1. The molecule has 0 bridgehead atoms. The summed E-state index contributed by atoms with van der Waals surface area (Å²) in [6, 6.07) is 8.77. The van der Waals surface area contributed by atoms with E-state index in [1.54, 1.807) is 0 Å². The molecular formula is C16H16N2S. The Morgan fingerprint density at radius 2 is 2.16 bits per heavy atom. The van der Waals surface area contributed by atoms with Gasteiger partial charge in [-0.25, -0.2) is 4.98 Å². The zero-order chi connectivity index (χ0) is 13.0. The van der Waals surface area contributed by atoms with E-state index in [1.807, 2.05) is 11.8 Å². The molecule has 0 N–H and O–H groups in total. The summed E-state index contributed by atoms with van der Waals surface area (Å²) in [5.74, 6) is 1.20. The molecule has 1 aliphatic heterocycles. The second kappa shape index (κ2) is 4.01. The molecule has 0 atom stereocenters. The number of nitrogens with zero attached hydrogens (tertiary/aromatic N) is 2. The zero-order valence-electron chi connectivity index (χ0n) is 11.2. The molecule has 0 saturated heterocycles. The Bertz CT molecular complexity index is 801. The predicted molar refractivity (Wildman–Crippen MR) is 82.1 cm³/mol. The van der Waals surface area contributed by atoms with Crippen LogP contribution in [0.3, 0.4) is 0 Å². The van der Waals surface area contributed by atoms with Gasteiger partial charge in [-0.1, -0.05) is 30.0 Å². The molecule has 0 amide bonds. The lowest BCUT2D eigenvalue weighted by Gasteiger charge is -2.15. The summed E-state index contributed by atoms with van der Waals surface area (Å²) >= 11 is 1.89. The van der Waals surface area contributed by atoms with Gasteiger partial charge in [0.25, 0.3) is 0 Å². The van der Waals surface area contributed by atoms with Gasteiger partial charge in [-0.2, -0.15) is 0 Å². The monoisotopic (exact) mass is 268 g/mol. The number of rotatable bonds is 0. The van der Waals surface area contributed by atoms with Gasteiger partial charge < -0.3 is 4.57 Å². The first kappa shape index (κ1) is 11.4. The number of thioether (sulfide) groups is 1. The fourth-order valence-electron chi connectivity index (χ4n) is 3.24. The van der Waals surface area contributed by atoms with Gasteiger partial charge in [-0.05, 0) is 48.2 Å². The number of aryl methyl sites for hydroxylation is 3. The molecule has 4 rings (SSSR count). The Labute approximate surface area is 116 Å². The lowest BCUT2D eigenvalue weighted by Crippen LogP contribution is -2.07. The van der Waals surface area contributed by atoms with Gasteiger partial charge in [0.15, 0.2) is 5.16 Å². The van der Waals surface area contributed by atoms with E-state index in [0.717, 1.165) is 12.1 Å². The fraction of sp³-hybridized carbons (Fsp3) is 0.312. The summed E-state index contributed by atoms with van der Waals surface area (Å²) in [6.07, 6.45) is 1.24. The molecule has 0 radical (unpaired) electrons. The van der Waals surface area contributed by atoms with E-state index in [0.29, 0.717) is 0 Å². The Kier molecular flexibility index (Phi) is 2.39. The summed E-state index contributed by atoms with van der Waals surface area (Å²) in [5.41, 5.74) is 5.23. The number of hydrogen-bond acceptors (Lipinski definition) is 2. The third-order valence-electron chi connectivity index (χ3n) is 4.04. The van der Waals surface area contributed by atoms with E-state index in [2.05, 4.69) is 42.7 Å². The van der Waals surface area contributed by atoms with Crippen molar-refractivity contribution in [3.05, 3.63) is 35.4 Å². The number of fused-ring (bicyclic) bond motifs is 4. The second-order valence-electron chi connectivity index (χ2n) is 5.29. The highest BCUT2D eigenvalue weighted by molar-refractivity contribution is 7.99. The number of imidazole rings is 1. The molecule has 2 nitrogen and oxygen atoms in total. The van der Waals surface area contributed by atoms with Gasteiger partial charge in [0, 0.05) is 12.3 Å². The third-order valence-corrected chi connectivity index (χ3v) is 5.11. The van der Waals surface area contributed by atoms with Crippen LogP contribution in [0, 0.1) is 13.8 Å². The molecule has 2 heterocycles. The summed E-state index contributed by atoms with van der Waals surface area (Å²) in [6.45, 7) is 5.55. The van der Waals surface area contributed by atoms with Crippen molar-refractivity contribution >= 4 is 33.6 Å². The minimum absolute atomic E-state index is 1.11. The minimum Gasteiger partial charge on any atom is -0.319 e. The molecule has 1 aliphatic rings. The van der Waals surface area contributed by atoms with Gasteiger partial charge in [-0.3, -0.25) is 0 Å². The van der Waals surface area contributed by atoms with E-state index >= 15 is 0 Å². The van der Waals surface area contributed by atoms with Crippen molar-refractivity contribution in [2.75, 3.05) is 5.75 Å². The quantitative estimate of drug-likeness (QED) is 0.605. The average Bonchev–Trinajstić information content (AvgIpc) is 2.77. The molecule has 0 unspecified atom stereocenters. The van der Waals surface area contributed by atoms with Gasteiger partial charge in [0.2, 0.25) is 0 Å². The van der Waals surface area contributed by atoms with Crippen molar-refractivity contribution in [3.63, 3.8) is 0 Å². The summed E-state index contributed by atoms with van der Waals surface area (Å²) < 4.78 is 2.41. The van der Waals surface area contributed by atoms with Gasteiger partial charge >= 0.3 is 0 Å². The molecule has 19 heavy (non-hydrogen) atoms. The molecule has 2 aromatic carbocycles. The number of hydrogen-bond donors (Lipinski definition) is 0. The van der Waals surface area contributed by atoms with Crippen LogP contribution in [0.25, 0.3) is 21.8 Å². The molecule has 3 heteroatoms. The molecule has 0 aliphatic carbocycles. The molecule has 0 spiro atoms. The highest BCUT2D eigenvalue weighted by Crippen LogP contribution is 2.35. The van der Waals surface area contributed by atoms with E-state index in [4.69, 9.17) is 4.98 Å². The summed E-state index contributed by atoms with van der Waals surface area (Å²) in [7, 11) is 0. The third kappa shape index (κ3) is 1.54. The molecule has 1 aromatic heterocycles. The zero-order valence-corrected chi connectivity index (χ0v) is 12.0.